The molecule has 2 aromatic carbocycles. The Morgan fingerprint density at radius 1 is 1.08 bits per heavy atom. The minimum absolute atomic E-state index is 0.00413. The van der Waals surface area contributed by atoms with E-state index < -0.39 is 5.41 Å². The largest absolute Gasteiger partial charge is 0.293 e. The lowest BCUT2D eigenvalue weighted by molar-refractivity contribution is -0.121. The second-order valence-electron chi connectivity index (χ2n) is 10.1. The second kappa shape index (κ2) is 8.30. The summed E-state index contributed by atoms with van der Waals surface area (Å²) in [7, 11) is 0. The highest BCUT2D eigenvalue weighted by Gasteiger charge is 2.49. The number of halogens is 1. The number of aromatic nitrogens is 2. The predicted molar refractivity (Wildman–Crippen MR) is 134 cm³/mol. The second-order valence-corrected chi connectivity index (χ2v) is 10.1. The molecule has 0 radical (unpaired) electrons. The normalized spacial score (nSPS) is 24.6. The van der Waals surface area contributed by atoms with E-state index in [2.05, 4.69) is 18.0 Å². The number of nitrogens with zero attached hydrogens (tertiary/aromatic N) is 4. The highest BCUT2D eigenvalue weighted by Crippen LogP contribution is 2.50. The summed E-state index contributed by atoms with van der Waals surface area (Å²) in [5.74, 6) is -0.164. The number of para-hydroxylation sites is 1. The number of carbonyl (C=O) groups is 1. The van der Waals surface area contributed by atoms with Gasteiger partial charge in [0.1, 0.15) is 11.9 Å². The molecule has 3 atom stereocenters. The standard InChI is InChI=1S/C30H25FN4O/c1-17-23-12-11-22-26(21-8-3-5-9-24(21)31)34-29(20-13-14-33-25-10-6-4-7-19(20)25)35-28(22)30(23,2)15-18(16-32)27(17)36/h3-10,15,17,23H,11-14H2,1-2H3/t17-,23+,30-/m1/s1. The van der Waals surface area contributed by atoms with Crippen molar-refractivity contribution in [1.82, 2.24) is 9.97 Å². The molecule has 2 heterocycles. The van der Waals surface area contributed by atoms with Gasteiger partial charge < -0.3 is 0 Å². The molecule has 1 aliphatic heterocycles. The van der Waals surface area contributed by atoms with Gasteiger partial charge in [-0.05, 0) is 43.4 Å². The lowest BCUT2D eigenvalue weighted by atomic mass is 9.57. The van der Waals surface area contributed by atoms with Crippen LogP contribution in [0, 0.1) is 29.0 Å². The van der Waals surface area contributed by atoms with E-state index in [0.29, 0.717) is 36.5 Å². The number of hydrogen-bond acceptors (Lipinski definition) is 5. The van der Waals surface area contributed by atoms with Crippen molar-refractivity contribution in [2.24, 2.45) is 16.8 Å². The first-order chi connectivity index (χ1) is 17.4. The van der Waals surface area contributed by atoms with E-state index in [-0.39, 0.29) is 29.0 Å². The third-order valence-corrected chi connectivity index (χ3v) is 8.11. The van der Waals surface area contributed by atoms with Gasteiger partial charge in [-0.3, -0.25) is 9.79 Å². The first-order valence-electron chi connectivity index (χ1n) is 12.4. The Bertz CT molecular complexity index is 1630. The van der Waals surface area contributed by atoms with Crippen LogP contribution < -0.4 is 10.6 Å². The lowest BCUT2D eigenvalue weighted by Crippen LogP contribution is -2.46. The third kappa shape index (κ3) is 3.26. The van der Waals surface area contributed by atoms with E-state index in [9.17, 15) is 10.1 Å². The summed E-state index contributed by atoms with van der Waals surface area (Å²) in [4.78, 5) is 27.7. The molecule has 5 nitrogen and oxygen atoms in total. The van der Waals surface area contributed by atoms with Crippen molar-refractivity contribution >= 4 is 11.4 Å². The molecule has 1 aromatic heterocycles. The van der Waals surface area contributed by atoms with E-state index in [1.165, 1.54) is 6.07 Å². The molecule has 36 heavy (non-hydrogen) atoms. The average molecular weight is 477 g/mol. The molecule has 178 valence electrons. The van der Waals surface area contributed by atoms with Crippen LogP contribution in [0.15, 0.2) is 65.2 Å². The van der Waals surface area contributed by atoms with Crippen LogP contribution in [-0.2, 0) is 16.6 Å². The van der Waals surface area contributed by atoms with Crippen LogP contribution >= 0.6 is 0 Å². The maximum Gasteiger partial charge on any atom is 0.176 e. The minimum Gasteiger partial charge on any atom is -0.293 e. The Hall–Kier alpha value is -3.98. The fourth-order valence-corrected chi connectivity index (χ4v) is 6.31. The molecule has 0 fully saturated rings. The summed E-state index contributed by atoms with van der Waals surface area (Å²) in [5, 5.41) is 11.6. The van der Waals surface area contributed by atoms with Crippen molar-refractivity contribution in [3.8, 4) is 17.3 Å². The van der Waals surface area contributed by atoms with Gasteiger partial charge in [-0.2, -0.15) is 5.26 Å². The molecule has 0 spiro atoms. The van der Waals surface area contributed by atoms with Crippen LogP contribution in [-0.4, -0.2) is 22.3 Å². The predicted octanol–water partition coefficient (Wildman–Crippen LogP) is 3.99. The molecular formula is C30H25FN4O. The fraction of sp³-hybridized carbons (Fsp3) is 0.300. The van der Waals surface area contributed by atoms with Crippen molar-refractivity contribution in [3.05, 3.63) is 93.7 Å². The first-order valence-corrected chi connectivity index (χ1v) is 12.4. The van der Waals surface area contributed by atoms with Gasteiger partial charge in [-0.15, -0.1) is 0 Å². The molecule has 0 saturated carbocycles. The quantitative estimate of drug-likeness (QED) is 0.560. The molecular weight excluding hydrogens is 451 g/mol. The van der Waals surface area contributed by atoms with E-state index in [1.54, 1.807) is 18.2 Å². The fourth-order valence-electron chi connectivity index (χ4n) is 6.31. The van der Waals surface area contributed by atoms with Gasteiger partial charge in [0, 0.05) is 39.8 Å². The smallest absolute Gasteiger partial charge is 0.176 e. The Labute approximate surface area is 208 Å². The molecule has 3 aliphatic rings. The number of Topliss-reactive ketones (excluding diaryl/α,β-unsaturated/α-hetero) is 1. The monoisotopic (exact) mass is 476 g/mol. The molecule has 3 aromatic rings. The summed E-state index contributed by atoms with van der Waals surface area (Å²) in [6.07, 6.45) is 3.87. The van der Waals surface area contributed by atoms with Crippen LogP contribution in [0.1, 0.15) is 43.8 Å². The number of nitriles is 1. The van der Waals surface area contributed by atoms with E-state index in [1.807, 2.05) is 37.3 Å². The number of benzene rings is 2. The summed E-state index contributed by atoms with van der Waals surface area (Å²) in [5.41, 5.74) is 3.25. The summed E-state index contributed by atoms with van der Waals surface area (Å²) in [6.45, 7) is 4.60. The van der Waals surface area contributed by atoms with Gasteiger partial charge in [0.2, 0.25) is 0 Å². The van der Waals surface area contributed by atoms with Gasteiger partial charge in [0.25, 0.3) is 0 Å². The molecule has 0 unspecified atom stereocenters. The molecule has 2 aliphatic carbocycles. The number of fused-ring (bicyclic) bond motifs is 4. The molecule has 0 amide bonds. The highest BCUT2D eigenvalue weighted by atomic mass is 19.1. The van der Waals surface area contributed by atoms with Gasteiger partial charge in [0.05, 0.1) is 22.3 Å². The maximum atomic E-state index is 15.1. The lowest BCUT2D eigenvalue weighted by Gasteiger charge is -2.45. The van der Waals surface area contributed by atoms with Crippen molar-refractivity contribution < 1.29 is 9.18 Å². The molecule has 0 N–H and O–H groups in total. The minimum atomic E-state index is -0.636. The van der Waals surface area contributed by atoms with Gasteiger partial charge in [-0.25, -0.2) is 14.4 Å². The maximum absolute atomic E-state index is 15.1. The van der Waals surface area contributed by atoms with Crippen molar-refractivity contribution in [2.75, 3.05) is 6.54 Å². The van der Waals surface area contributed by atoms with Crippen LogP contribution in [0.25, 0.3) is 16.8 Å². The number of ketones is 1. The molecule has 0 saturated heterocycles. The van der Waals surface area contributed by atoms with Gasteiger partial charge in [0.15, 0.2) is 11.6 Å². The number of rotatable bonds is 2. The Balaban J connectivity index is 1.70. The zero-order valence-corrected chi connectivity index (χ0v) is 20.3. The highest BCUT2D eigenvalue weighted by molar-refractivity contribution is 6.02. The summed E-state index contributed by atoms with van der Waals surface area (Å²) in [6, 6.07) is 16.8. The van der Waals surface area contributed by atoms with E-state index in [0.717, 1.165) is 33.8 Å². The number of hydrogen-bond donors (Lipinski definition) is 0. The first kappa shape index (κ1) is 22.5. The molecule has 6 heteroatoms. The van der Waals surface area contributed by atoms with Gasteiger partial charge >= 0.3 is 0 Å². The average Bonchev–Trinajstić information content (AvgIpc) is 2.90. The van der Waals surface area contributed by atoms with Gasteiger partial charge in [-0.1, -0.05) is 50.3 Å². The molecule has 6 rings (SSSR count). The zero-order chi connectivity index (χ0) is 25.0. The van der Waals surface area contributed by atoms with Crippen LogP contribution in [0.4, 0.5) is 4.39 Å². The topological polar surface area (TPSA) is 79.0 Å². The summed E-state index contributed by atoms with van der Waals surface area (Å²) < 4.78 is 15.1. The Morgan fingerprint density at radius 2 is 1.86 bits per heavy atom. The van der Waals surface area contributed by atoms with Crippen LogP contribution in [0.5, 0.6) is 0 Å². The number of carbonyl (C=O) groups excluding carboxylic acids is 1. The van der Waals surface area contributed by atoms with E-state index in [4.69, 9.17) is 9.97 Å². The van der Waals surface area contributed by atoms with Crippen molar-refractivity contribution in [3.63, 3.8) is 0 Å². The third-order valence-electron chi connectivity index (χ3n) is 8.11. The van der Waals surface area contributed by atoms with Crippen LogP contribution in [0.2, 0.25) is 0 Å². The van der Waals surface area contributed by atoms with Crippen molar-refractivity contribution in [2.45, 2.75) is 38.5 Å². The molecule has 0 bridgehead atoms. The Kier molecular flexibility index (Phi) is 5.19. The Morgan fingerprint density at radius 3 is 2.67 bits per heavy atom. The summed E-state index contributed by atoms with van der Waals surface area (Å²) >= 11 is 0. The van der Waals surface area contributed by atoms with Crippen LogP contribution in [0.3, 0.4) is 0 Å². The van der Waals surface area contributed by atoms with Crippen molar-refractivity contribution in [1.29, 1.82) is 5.26 Å². The van der Waals surface area contributed by atoms with E-state index >= 15 is 4.39 Å². The SMILES string of the molecule is C[C@H]1C(=O)C(C#N)=C[C@@]2(C)c3nc(C4=c5ccccc5=NCC4)nc(-c4ccccc4F)c3CC[C@@H]12. The number of allylic oxidation sites excluding steroid dienone is 2. The zero-order valence-electron chi connectivity index (χ0n) is 20.3.